The first-order valence-corrected chi connectivity index (χ1v) is 6.01. The molecule has 0 saturated heterocycles. The molecule has 5 heteroatoms. The lowest BCUT2D eigenvalue weighted by molar-refractivity contribution is 0.320. The second kappa shape index (κ2) is 6.04. The molecule has 0 unspecified atom stereocenters. The SMILES string of the molecule is COc1ccc2c(CCCC=NO)cc(=O)oc2c1. The number of aryl methyl sites for hydroxylation is 1. The fourth-order valence-electron chi connectivity index (χ4n) is 1.99. The molecule has 0 aliphatic carbocycles. The minimum absolute atomic E-state index is 0.369. The maximum absolute atomic E-state index is 11.5. The van der Waals surface area contributed by atoms with Gasteiger partial charge >= 0.3 is 5.63 Å². The summed E-state index contributed by atoms with van der Waals surface area (Å²) in [7, 11) is 1.57. The zero-order valence-electron chi connectivity index (χ0n) is 10.6. The van der Waals surface area contributed by atoms with Crippen LogP contribution in [0.3, 0.4) is 0 Å². The summed E-state index contributed by atoms with van der Waals surface area (Å²) in [6, 6.07) is 6.92. The van der Waals surface area contributed by atoms with Gasteiger partial charge in [-0.25, -0.2) is 4.79 Å². The van der Waals surface area contributed by atoms with Crippen molar-refractivity contribution >= 4 is 17.2 Å². The third-order valence-corrected chi connectivity index (χ3v) is 2.90. The Morgan fingerprint density at radius 1 is 1.42 bits per heavy atom. The molecule has 0 aliphatic rings. The molecule has 0 aliphatic heterocycles. The largest absolute Gasteiger partial charge is 0.497 e. The summed E-state index contributed by atoms with van der Waals surface area (Å²) in [6.45, 7) is 0. The van der Waals surface area contributed by atoms with Crippen LogP contribution in [0.15, 0.2) is 38.6 Å². The Morgan fingerprint density at radius 3 is 3.00 bits per heavy atom. The van der Waals surface area contributed by atoms with Crippen LogP contribution in [0.5, 0.6) is 5.75 Å². The Kier molecular flexibility index (Phi) is 4.18. The Balaban J connectivity index is 2.34. The van der Waals surface area contributed by atoms with Crippen molar-refractivity contribution in [2.24, 2.45) is 5.16 Å². The van der Waals surface area contributed by atoms with E-state index in [0.717, 1.165) is 23.8 Å². The molecule has 1 aromatic heterocycles. The van der Waals surface area contributed by atoms with Crippen LogP contribution in [-0.4, -0.2) is 18.5 Å². The van der Waals surface area contributed by atoms with Gasteiger partial charge in [-0.3, -0.25) is 0 Å². The summed E-state index contributed by atoms with van der Waals surface area (Å²) in [5, 5.41) is 12.2. The van der Waals surface area contributed by atoms with Crippen LogP contribution in [0.25, 0.3) is 11.0 Å². The zero-order chi connectivity index (χ0) is 13.7. The van der Waals surface area contributed by atoms with Gasteiger partial charge in [-0.1, -0.05) is 0 Å². The predicted octanol–water partition coefficient (Wildman–Crippen LogP) is 2.58. The lowest BCUT2D eigenvalue weighted by Crippen LogP contribution is -2.01. The highest BCUT2D eigenvalue weighted by molar-refractivity contribution is 5.81. The lowest BCUT2D eigenvalue weighted by Gasteiger charge is -2.06. The average Bonchev–Trinajstić information content (AvgIpc) is 2.42. The van der Waals surface area contributed by atoms with Crippen molar-refractivity contribution in [2.75, 3.05) is 7.11 Å². The topological polar surface area (TPSA) is 72.0 Å². The molecule has 1 aromatic carbocycles. The van der Waals surface area contributed by atoms with Gasteiger partial charge in [0.05, 0.1) is 7.11 Å². The molecule has 0 fully saturated rings. The van der Waals surface area contributed by atoms with E-state index in [-0.39, 0.29) is 5.63 Å². The van der Waals surface area contributed by atoms with Crippen molar-refractivity contribution in [1.82, 2.24) is 0 Å². The molecule has 0 bridgehead atoms. The minimum atomic E-state index is -0.369. The maximum atomic E-state index is 11.5. The van der Waals surface area contributed by atoms with E-state index >= 15 is 0 Å². The molecule has 0 spiro atoms. The summed E-state index contributed by atoms with van der Waals surface area (Å²) in [6.07, 6.45) is 3.63. The van der Waals surface area contributed by atoms with Crippen molar-refractivity contribution in [2.45, 2.75) is 19.3 Å². The Morgan fingerprint density at radius 2 is 2.26 bits per heavy atom. The van der Waals surface area contributed by atoms with Gasteiger partial charge < -0.3 is 14.4 Å². The molecule has 0 atom stereocenters. The minimum Gasteiger partial charge on any atom is -0.497 e. The monoisotopic (exact) mass is 261 g/mol. The molecule has 2 aromatic rings. The first kappa shape index (κ1) is 13.1. The summed E-state index contributed by atoms with van der Waals surface area (Å²) < 4.78 is 10.3. The number of rotatable bonds is 5. The van der Waals surface area contributed by atoms with E-state index in [0.29, 0.717) is 17.8 Å². The van der Waals surface area contributed by atoms with Crippen LogP contribution in [0.2, 0.25) is 0 Å². The molecule has 1 heterocycles. The van der Waals surface area contributed by atoms with Crippen LogP contribution in [-0.2, 0) is 6.42 Å². The fraction of sp³-hybridized carbons (Fsp3) is 0.286. The van der Waals surface area contributed by atoms with Gasteiger partial charge in [-0.05, 0) is 37.0 Å². The molecule has 1 N–H and O–H groups in total. The Hall–Kier alpha value is -2.30. The van der Waals surface area contributed by atoms with Gasteiger partial charge in [-0.15, -0.1) is 5.16 Å². The van der Waals surface area contributed by atoms with Crippen LogP contribution in [0.4, 0.5) is 0 Å². The number of benzene rings is 1. The number of ether oxygens (including phenoxy) is 1. The number of oxime groups is 1. The molecule has 5 nitrogen and oxygen atoms in total. The highest BCUT2D eigenvalue weighted by Gasteiger charge is 2.06. The molecule has 100 valence electrons. The van der Waals surface area contributed by atoms with E-state index in [4.69, 9.17) is 14.4 Å². The van der Waals surface area contributed by atoms with Crippen LogP contribution in [0.1, 0.15) is 18.4 Å². The van der Waals surface area contributed by atoms with E-state index in [9.17, 15) is 4.79 Å². The number of fused-ring (bicyclic) bond motifs is 1. The van der Waals surface area contributed by atoms with Gasteiger partial charge in [0.1, 0.15) is 11.3 Å². The number of hydrogen-bond acceptors (Lipinski definition) is 5. The standard InChI is InChI=1S/C14H15NO4/c1-18-11-5-6-12-10(4-2-3-7-15-17)8-14(16)19-13(12)9-11/h5-9,17H,2-4H2,1H3. The van der Waals surface area contributed by atoms with E-state index in [1.807, 2.05) is 12.1 Å². The summed E-state index contributed by atoms with van der Waals surface area (Å²) in [5.74, 6) is 0.653. The van der Waals surface area contributed by atoms with E-state index in [1.165, 1.54) is 12.3 Å². The second-order valence-electron chi connectivity index (χ2n) is 4.14. The summed E-state index contributed by atoms with van der Waals surface area (Å²) in [5.41, 5.74) is 1.09. The van der Waals surface area contributed by atoms with E-state index in [1.54, 1.807) is 13.2 Å². The highest BCUT2D eigenvalue weighted by Crippen LogP contribution is 2.23. The molecular weight excluding hydrogens is 246 g/mol. The first-order valence-electron chi connectivity index (χ1n) is 6.01. The maximum Gasteiger partial charge on any atom is 0.336 e. The molecule has 0 amide bonds. The highest BCUT2D eigenvalue weighted by atomic mass is 16.5. The third kappa shape index (κ3) is 3.13. The van der Waals surface area contributed by atoms with Crippen LogP contribution < -0.4 is 10.4 Å². The quantitative estimate of drug-likeness (QED) is 0.295. The normalized spacial score (nSPS) is 11.2. The van der Waals surface area contributed by atoms with Gasteiger partial charge in [-0.2, -0.15) is 0 Å². The summed E-state index contributed by atoms with van der Waals surface area (Å²) in [4.78, 5) is 11.5. The lowest BCUT2D eigenvalue weighted by atomic mass is 10.0. The number of methoxy groups -OCH3 is 1. The van der Waals surface area contributed by atoms with Crippen molar-refractivity contribution in [3.63, 3.8) is 0 Å². The number of nitrogens with zero attached hydrogens (tertiary/aromatic N) is 1. The number of hydrogen-bond donors (Lipinski definition) is 1. The van der Waals surface area contributed by atoms with Gasteiger partial charge in [0.2, 0.25) is 0 Å². The molecule has 0 radical (unpaired) electrons. The van der Waals surface area contributed by atoms with Crippen LogP contribution >= 0.6 is 0 Å². The van der Waals surface area contributed by atoms with Crippen molar-refractivity contribution in [3.8, 4) is 5.75 Å². The van der Waals surface area contributed by atoms with Crippen LogP contribution in [0, 0.1) is 0 Å². The van der Waals surface area contributed by atoms with E-state index in [2.05, 4.69) is 5.16 Å². The summed E-state index contributed by atoms with van der Waals surface area (Å²) >= 11 is 0. The molecule has 2 rings (SSSR count). The van der Waals surface area contributed by atoms with Gasteiger partial charge in [0.15, 0.2) is 0 Å². The first-order chi connectivity index (χ1) is 9.24. The average molecular weight is 261 g/mol. The predicted molar refractivity (Wildman–Crippen MR) is 72.3 cm³/mol. The molecule has 0 saturated carbocycles. The van der Waals surface area contributed by atoms with Crippen molar-refractivity contribution in [3.05, 3.63) is 40.2 Å². The Bertz CT molecular complexity index is 645. The van der Waals surface area contributed by atoms with Crippen molar-refractivity contribution < 1.29 is 14.4 Å². The smallest absolute Gasteiger partial charge is 0.336 e. The third-order valence-electron chi connectivity index (χ3n) is 2.90. The molecule has 19 heavy (non-hydrogen) atoms. The van der Waals surface area contributed by atoms with Gasteiger partial charge in [0, 0.05) is 23.7 Å². The van der Waals surface area contributed by atoms with Gasteiger partial charge in [0.25, 0.3) is 0 Å². The van der Waals surface area contributed by atoms with E-state index < -0.39 is 0 Å². The fourth-order valence-corrected chi connectivity index (χ4v) is 1.99. The van der Waals surface area contributed by atoms with Crippen molar-refractivity contribution in [1.29, 1.82) is 0 Å². The Labute approximate surface area is 110 Å². The zero-order valence-corrected chi connectivity index (χ0v) is 10.6. The second-order valence-corrected chi connectivity index (χ2v) is 4.14. The molecular formula is C14H15NO4. The number of unbranched alkanes of at least 4 members (excludes halogenated alkanes) is 1.